The van der Waals surface area contributed by atoms with Gasteiger partial charge in [-0.15, -0.1) is 0 Å². The van der Waals surface area contributed by atoms with Gasteiger partial charge in [-0.05, 0) is 25.5 Å². The van der Waals surface area contributed by atoms with Crippen LogP contribution >= 0.6 is 0 Å². The van der Waals surface area contributed by atoms with E-state index in [2.05, 4.69) is 10.6 Å². The number of carbonyl (C=O) groups excluding carboxylic acids is 2. The van der Waals surface area contributed by atoms with Gasteiger partial charge in [0.2, 0.25) is 11.8 Å². The molecule has 2 saturated heterocycles. The fraction of sp³-hybridized carbons (Fsp3) is 0.529. The summed E-state index contributed by atoms with van der Waals surface area (Å²) in [5.74, 6) is 0.341. The Morgan fingerprint density at radius 1 is 1.42 bits per heavy atom. The Morgan fingerprint density at radius 2 is 2.21 bits per heavy atom. The highest BCUT2D eigenvalue weighted by Gasteiger charge is 2.37. The maximum atomic E-state index is 12.7. The lowest BCUT2D eigenvalue weighted by molar-refractivity contribution is -0.132. The molecule has 24 heavy (non-hydrogen) atoms. The van der Waals surface area contributed by atoms with E-state index < -0.39 is 12.1 Å². The van der Waals surface area contributed by atoms with Gasteiger partial charge in [0.25, 0.3) is 0 Å². The standard InChI is InChI=1S/C17H23N3O4/c1-11-15(18-8-10-24-11)16(21)19-12-7-9-20(17(12)22)13-5-3-4-6-14(13)23-2/h3-6,11-12,15,18H,7-10H2,1-2H3,(H,19,21)/t11-,12?,15+/m1/s1. The molecule has 0 spiro atoms. The quantitative estimate of drug-likeness (QED) is 0.828. The molecule has 0 saturated carbocycles. The van der Waals surface area contributed by atoms with Crippen LogP contribution < -0.4 is 20.3 Å². The van der Waals surface area contributed by atoms with Gasteiger partial charge in [-0.2, -0.15) is 0 Å². The minimum Gasteiger partial charge on any atom is -0.495 e. The fourth-order valence-corrected chi connectivity index (χ4v) is 3.19. The molecule has 2 aliphatic rings. The van der Waals surface area contributed by atoms with Crippen LogP contribution in [0.4, 0.5) is 5.69 Å². The summed E-state index contributed by atoms with van der Waals surface area (Å²) in [6.07, 6.45) is 0.366. The highest BCUT2D eigenvalue weighted by atomic mass is 16.5. The second kappa shape index (κ2) is 7.19. The minimum absolute atomic E-state index is 0.114. The van der Waals surface area contributed by atoms with E-state index in [1.165, 1.54) is 0 Å². The summed E-state index contributed by atoms with van der Waals surface area (Å²) in [5, 5.41) is 5.99. The number of hydrogen-bond donors (Lipinski definition) is 2. The highest BCUT2D eigenvalue weighted by molar-refractivity contribution is 6.02. The van der Waals surface area contributed by atoms with Crippen LogP contribution in [0.2, 0.25) is 0 Å². The monoisotopic (exact) mass is 333 g/mol. The molecule has 0 aliphatic carbocycles. The molecule has 3 atom stereocenters. The third-order valence-electron chi connectivity index (χ3n) is 4.50. The molecule has 0 bridgehead atoms. The number of morpholine rings is 1. The van der Waals surface area contributed by atoms with Gasteiger partial charge in [-0.25, -0.2) is 0 Å². The lowest BCUT2D eigenvalue weighted by Gasteiger charge is -2.30. The summed E-state index contributed by atoms with van der Waals surface area (Å²) in [6.45, 7) is 3.63. The largest absolute Gasteiger partial charge is 0.495 e. The lowest BCUT2D eigenvalue weighted by Crippen LogP contribution is -2.57. The number of rotatable bonds is 4. The van der Waals surface area contributed by atoms with Crippen LogP contribution in [-0.2, 0) is 14.3 Å². The number of para-hydroxylation sites is 2. The Labute approximate surface area is 141 Å². The Hall–Kier alpha value is -2.12. The molecule has 1 aromatic rings. The van der Waals surface area contributed by atoms with Crippen molar-refractivity contribution in [2.75, 3.05) is 31.7 Å². The summed E-state index contributed by atoms with van der Waals surface area (Å²) >= 11 is 0. The number of carbonyl (C=O) groups is 2. The van der Waals surface area contributed by atoms with Crippen molar-refractivity contribution in [1.29, 1.82) is 0 Å². The van der Waals surface area contributed by atoms with Crippen LogP contribution in [0.3, 0.4) is 0 Å². The Morgan fingerprint density at radius 3 is 2.96 bits per heavy atom. The number of benzene rings is 1. The topological polar surface area (TPSA) is 79.9 Å². The third-order valence-corrected chi connectivity index (χ3v) is 4.50. The molecule has 2 heterocycles. The number of hydrogen-bond acceptors (Lipinski definition) is 5. The molecule has 0 aromatic heterocycles. The minimum atomic E-state index is -0.515. The number of ether oxygens (including phenoxy) is 2. The van der Waals surface area contributed by atoms with Gasteiger partial charge in [-0.1, -0.05) is 12.1 Å². The molecule has 2 aliphatic heterocycles. The number of nitrogens with one attached hydrogen (secondary N) is 2. The van der Waals surface area contributed by atoms with Crippen LogP contribution in [-0.4, -0.2) is 56.8 Å². The second-order valence-electron chi connectivity index (χ2n) is 6.02. The van der Waals surface area contributed by atoms with E-state index in [4.69, 9.17) is 9.47 Å². The van der Waals surface area contributed by atoms with Gasteiger partial charge in [0.15, 0.2) is 0 Å². The molecular weight excluding hydrogens is 310 g/mol. The Bertz CT molecular complexity index is 622. The van der Waals surface area contributed by atoms with E-state index in [0.29, 0.717) is 31.9 Å². The summed E-state index contributed by atoms with van der Waals surface area (Å²) in [6, 6.07) is 6.45. The van der Waals surface area contributed by atoms with Crippen LogP contribution in [0.1, 0.15) is 13.3 Å². The van der Waals surface area contributed by atoms with Crippen molar-refractivity contribution in [2.24, 2.45) is 0 Å². The summed E-state index contributed by atoms with van der Waals surface area (Å²) in [7, 11) is 1.58. The zero-order valence-electron chi connectivity index (χ0n) is 14.0. The third kappa shape index (κ3) is 3.22. The van der Waals surface area contributed by atoms with Gasteiger partial charge in [-0.3, -0.25) is 9.59 Å². The first kappa shape index (κ1) is 16.7. The molecule has 0 radical (unpaired) electrons. The Kier molecular flexibility index (Phi) is 5.01. The summed E-state index contributed by atoms with van der Waals surface area (Å²) < 4.78 is 10.8. The predicted molar refractivity (Wildman–Crippen MR) is 89.1 cm³/mol. The van der Waals surface area contributed by atoms with Crippen LogP contribution in [0.5, 0.6) is 5.75 Å². The van der Waals surface area contributed by atoms with Crippen molar-refractivity contribution in [3.63, 3.8) is 0 Å². The van der Waals surface area contributed by atoms with E-state index >= 15 is 0 Å². The lowest BCUT2D eigenvalue weighted by atomic mass is 10.1. The number of anilines is 1. The van der Waals surface area contributed by atoms with Gasteiger partial charge < -0.3 is 25.0 Å². The smallest absolute Gasteiger partial charge is 0.249 e. The highest BCUT2D eigenvalue weighted by Crippen LogP contribution is 2.31. The van der Waals surface area contributed by atoms with E-state index in [-0.39, 0.29) is 17.9 Å². The second-order valence-corrected chi connectivity index (χ2v) is 6.02. The van der Waals surface area contributed by atoms with Crippen molar-refractivity contribution in [3.05, 3.63) is 24.3 Å². The van der Waals surface area contributed by atoms with E-state index in [1.807, 2.05) is 31.2 Å². The molecule has 1 unspecified atom stereocenters. The van der Waals surface area contributed by atoms with Crippen molar-refractivity contribution < 1.29 is 19.1 Å². The molecule has 3 rings (SSSR count). The van der Waals surface area contributed by atoms with Gasteiger partial charge in [0, 0.05) is 13.1 Å². The zero-order chi connectivity index (χ0) is 17.1. The number of amides is 2. The van der Waals surface area contributed by atoms with E-state index in [1.54, 1.807) is 12.0 Å². The maximum absolute atomic E-state index is 12.7. The molecule has 1 aromatic carbocycles. The van der Waals surface area contributed by atoms with Crippen LogP contribution in [0.25, 0.3) is 0 Å². The zero-order valence-corrected chi connectivity index (χ0v) is 14.0. The van der Waals surface area contributed by atoms with Gasteiger partial charge in [0.1, 0.15) is 17.8 Å². The molecule has 7 nitrogen and oxygen atoms in total. The van der Waals surface area contributed by atoms with Crippen molar-refractivity contribution in [1.82, 2.24) is 10.6 Å². The first-order valence-electron chi connectivity index (χ1n) is 8.21. The molecular formula is C17H23N3O4. The number of methoxy groups -OCH3 is 1. The van der Waals surface area contributed by atoms with Crippen LogP contribution in [0.15, 0.2) is 24.3 Å². The number of nitrogens with zero attached hydrogens (tertiary/aromatic N) is 1. The van der Waals surface area contributed by atoms with Crippen molar-refractivity contribution >= 4 is 17.5 Å². The predicted octanol–water partition coefficient (Wildman–Crippen LogP) is 0.294. The van der Waals surface area contributed by atoms with Crippen molar-refractivity contribution in [3.8, 4) is 5.75 Å². The fourth-order valence-electron chi connectivity index (χ4n) is 3.19. The molecule has 130 valence electrons. The molecule has 2 fully saturated rings. The van der Waals surface area contributed by atoms with Gasteiger partial charge in [0.05, 0.1) is 25.5 Å². The first-order valence-corrected chi connectivity index (χ1v) is 8.21. The van der Waals surface area contributed by atoms with E-state index in [9.17, 15) is 9.59 Å². The van der Waals surface area contributed by atoms with Gasteiger partial charge >= 0.3 is 0 Å². The summed E-state index contributed by atoms with van der Waals surface area (Å²) in [5.41, 5.74) is 0.731. The van der Waals surface area contributed by atoms with Crippen molar-refractivity contribution in [2.45, 2.75) is 31.5 Å². The molecule has 2 amide bonds. The average molecular weight is 333 g/mol. The van der Waals surface area contributed by atoms with E-state index in [0.717, 1.165) is 5.69 Å². The molecule has 2 N–H and O–H groups in total. The summed E-state index contributed by atoms with van der Waals surface area (Å²) in [4.78, 5) is 26.8. The SMILES string of the molecule is COc1ccccc1N1CCC(NC(=O)[C@H]2NCCO[C@@H]2C)C1=O. The molecule has 7 heteroatoms. The Balaban J connectivity index is 1.67. The maximum Gasteiger partial charge on any atom is 0.249 e. The normalized spacial score (nSPS) is 27.2. The first-order chi connectivity index (χ1) is 11.6. The van der Waals surface area contributed by atoms with Crippen LogP contribution in [0, 0.1) is 0 Å². The average Bonchev–Trinajstić information content (AvgIpc) is 2.95.